The zero-order valence-electron chi connectivity index (χ0n) is 36.6. The largest absolute Gasteiger partial charge is 0.465 e. The highest BCUT2D eigenvalue weighted by Gasteiger charge is 2.25. The number of carbonyl (C=O) groups is 4. The molecule has 2 heterocycles. The number of nitrogens with two attached hydrogens (primary N) is 1. The summed E-state index contributed by atoms with van der Waals surface area (Å²) in [6.45, 7) is 3.46. The molecule has 0 saturated heterocycles. The number of ether oxygens (including phenoxy) is 2. The Morgan fingerprint density at radius 2 is 1.05 bits per heavy atom. The van der Waals surface area contributed by atoms with E-state index in [0.717, 1.165) is 11.1 Å². The summed E-state index contributed by atoms with van der Waals surface area (Å²) in [6, 6.07) is 32.5. The van der Waals surface area contributed by atoms with Gasteiger partial charge in [0.25, 0.3) is 0 Å². The first-order valence-corrected chi connectivity index (χ1v) is 21.1. The molecule has 2 aromatic heterocycles. The van der Waals surface area contributed by atoms with E-state index in [-0.39, 0.29) is 36.0 Å². The first kappa shape index (κ1) is 46.1. The van der Waals surface area contributed by atoms with Gasteiger partial charge in [0.15, 0.2) is 11.6 Å². The Kier molecular flexibility index (Phi) is 14.2. The van der Waals surface area contributed by atoms with Crippen molar-refractivity contribution in [3.05, 3.63) is 155 Å². The highest BCUT2D eigenvalue weighted by Crippen LogP contribution is 2.42. The maximum absolute atomic E-state index is 13.5. The van der Waals surface area contributed by atoms with Crippen LogP contribution in [0, 0.1) is 11.6 Å². The summed E-state index contributed by atoms with van der Waals surface area (Å²) < 4.78 is 61.5. The summed E-state index contributed by atoms with van der Waals surface area (Å²) in [4.78, 5) is 49.9. The zero-order valence-corrected chi connectivity index (χ0v) is 36.6. The van der Waals surface area contributed by atoms with Crippen LogP contribution in [0.5, 0.6) is 0 Å². The minimum absolute atomic E-state index is 0.0999. The van der Waals surface area contributed by atoms with Crippen LogP contribution in [-0.4, -0.2) is 50.9 Å². The van der Waals surface area contributed by atoms with Crippen LogP contribution in [-0.2, 0) is 9.47 Å². The average Bonchev–Trinajstić information content (AvgIpc) is 3.91. The second kappa shape index (κ2) is 20.3. The molecule has 336 valence electrons. The minimum atomic E-state index is -0.469. The second-order valence-corrected chi connectivity index (χ2v) is 15.1. The van der Waals surface area contributed by atoms with E-state index in [1.54, 1.807) is 92.7 Å². The van der Waals surface area contributed by atoms with Crippen molar-refractivity contribution in [3.63, 3.8) is 0 Å². The number of nitrogen functional groups attached to an aromatic ring is 1. The van der Waals surface area contributed by atoms with Crippen LogP contribution in [0.2, 0.25) is 0 Å². The third kappa shape index (κ3) is 9.60. The number of ketones is 2. The number of nitrogens with one attached hydrogen (secondary N) is 1. The number of benzene rings is 6. The molecular weight excluding hydrogens is 850 g/mol. The van der Waals surface area contributed by atoms with Crippen LogP contribution < -0.4 is 11.1 Å². The maximum atomic E-state index is 13.5. The molecule has 6 aromatic carbocycles. The normalized spacial score (nSPS) is 11.0. The molecule has 0 aliphatic carbocycles. The van der Waals surface area contributed by atoms with E-state index in [9.17, 15) is 32.3 Å². The number of hydrogen-bond donors (Lipinski definition) is 2. The van der Waals surface area contributed by atoms with Gasteiger partial charge in [0.1, 0.15) is 34.3 Å². The SMILES string of the molecule is CCC(=O)c1c(-c2ccc(F)cc2)oc2cc(N)c(-c3cccc(C(=O)OC)c3)cc12.CCC(=O)c1c(-c2ccc(F)cc2)oc2cc(NCCCF)c(-c3cccc(C(=O)OC)c3)cc12. The molecule has 0 aliphatic rings. The van der Waals surface area contributed by atoms with Gasteiger partial charge in [-0.3, -0.25) is 14.0 Å². The van der Waals surface area contributed by atoms with Crippen LogP contribution in [0.3, 0.4) is 0 Å². The first-order valence-electron chi connectivity index (χ1n) is 21.1. The number of rotatable bonds is 14. The van der Waals surface area contributed by atoms with Crippen molar-refractivity contribution in [2.45, 2.75) is 33.1 Å². The fourth-order valence-electron chi connectivity index (χ4n) is 7.61. The highest BCUT2D eigenvalue weighted by molar-refractivity contribution is 6.15. The lowest BCUT2D eigenvalue weighted by Gasteiger charge is -2.13. The number of furan rings is 2. The van der Waals surface area contributed by atoms with E-state index in [2.05, 4.69) is 5.32 Å². The number of methoxy groups -OCH3 is 2. The lowest BCUT2D eigenvalue weighted by atomic mass is 9.95. The lowest BCUT2D eigenvalue weighted by Crippen LogP contribution is -2.05. The van der Waals surface area contributed by atoms with Crippen molar-refractivity contribution in [2.24, 2.45) is 0 Å². The molecule has 0 atom stereocenters. The van der Waals surface area contributed by atoms with Gasteiger partial charge in [-0.2, -0.15) is 0 Å². The molecule has 0 unspecified atom stereocenters. The first-order chi connectivity index (χ1) is 31.9. The molecule has 0 bridgehead atoms. The highest BCUT2D eigenvalue weighted by atomic mass is 19.1. The topological polar surface area (TPSA) is 151 Å². The maximum Gasteiger partial charge on any atom is 0.337 e. The fraction of sp³-hybridized carbons (Fsp3) is 0.170. The average molecular weight is 895 g/mol. The number of carbonyl (C=O) groups excluding carboxylic acids is 4. The van der Waals surface area contributed by atoms with E-state index < -0.39 is 18.6 Å². The van der Waals surface area contributed by atoms with Gasteiger partial charge in [-0.15, -0.1) is 0 Å². The van der Waals surface area contributed by atoms with E-state index >= 15 is 0 Å². The Labute approximate surface area is 378 Å². The molecule has 0 radical (unpaired) electrons. The molecule has 3 N–H and O–H groups in total. The van der Waals surface area contributed by atoms with Crippen molar-refractivity contribution < 1.29 is 50.7 Å². The van der Waals surface area contributed by atoms with Crippen LogP contribution >= 0.6 is 0 Å². The van der Waals surface area contributed by atoms with Gasteiger partial charge in [-0.05, 0) is 102 Å². The molecule has 0 aliphatic heterocycles. The molecule has 13 heteroatoms. The summed E-state index contributed by atoms with van der Waals surface area (Å²) in [5.41, 5.74) is 13.9. The van der Waals surface area contributed by atoms with Gasteiger partial charge in [-0.25, -0.2) is 18.4 Å². The van der Waals surface area contributed by atoms with Gasteiger partial charge in [0.05, 0.1) is 43.1 Å². The molecule has 0 fully saturated rings. The van der Waals surface area contributed by atoms with Gasteiger partial charge < -0.3 is 29.4 Å². The van der Waals surface area contributed by atoms with Crippen molar-refractivity contribution in [1.29, 1.82) is 0 Å². The Morgan fingerprint density at radius 1 is 0.591 bits per heavy atom. The molecule has 10 nitrogen and oxygen atoms in total. The quantitative estimate of drug-likeness (QED) is 0.0467. The van der Waals surface area contributed by atoms with E-state index in [1.807, 2.05) is 18.2 Å². The summed E-state index contributed by atoms with van der Waals surface area (Å²) >= 11 is 0. The van der Waals surface area contributed by atoms with Gasteiger partial charge in [-0.1, -0.05) is 38.1 Å². The number of alkyl halides is 1. The van der Waals surface area contributed by atoms with Crippen LogP contribution in [0.15, 0.2) is 130 Å². The molecule has 0 amide bonds. The Bertz CT molecular complexity index is 3100. The predicted molar refractivity (Wildman–Crippen MR) is 250 cm³/mol. The molecule has 8 aromatic rings. The molecule has 8 rings (SSSR count). The van der Waals surface area contributed by atoms with E-state index in [0.29, 0.717) is 102 Å². The summed E-state index contributed by atoms with van der Waals surface area (Å²) in [5, 5.41) is 4.45. The van der Waals surface area contributed by atoms with Gasteiger partial charge in [0, 0.05) is 75.9 Å². The lowest BCUT2D eigenvalue weighted by molar-refractivity contribution is 0.0592. The van der Waals surface area contributed by atoms with Crippen molar-refractivity contribution >= 4 is 56.8 Å². The molecular formula is C53H45F3N2O8. The minimum Gasteiger partial charge on any atom is -0.465 e. The molecule has 0 saturated carbocycles. The second-order valence-electron chi connectivity index (χ2n) is 15.1. The van der Waals surface area contributed by atoms with Crippen molar-refractivity contribution in [2.75, 3.05) is 38.5 Å². The number of hydrogen-bond acceptors (Lipinski definition) is 10. The zero-order chi connectivity index (χ0) is 47.1. The Balaban J connectivity index is 0.000000198. The van der Waals surface area contributed by atoms with Gasteiger partial charge in [0.2, 0.25) is 0 Å². The fourth-order valence-corrected chi connectivity index (χ4v) is 7.61. The van der Waals surface area contributed by atoms with Crippen molar-refractivity contribution in [1.82, 2.24) is 0 Å². The summed E-state index contributed by atoms with van der Waals surface area (Å²) in [7, 11) is 2.64. The Morgan fingerprint density at radius 3 is 1.50 bits per heavy atom. The third-order valence-corrected chi connectivity index (χ3v) is 10.9. The smallest absolute Gasteiger partial charge is 0.337 e. The number of Topliss-reactive ketones (excluding diaryl/α,β-unsaturated/α-hetero) is 2. The Hall–Kier alpha value is -7.93. The standard InChI is InChI=1S/C28H25F2NO4.C25H20FNO4/c1-3-24(32)26-22-15-21(18-6-4-7-19(14-18)28(33)34-2)23(31-13-5-12-29)16-25(22)35-27(26)17-8-10-20(30)11-9-17;1-3-21(28)23-19-12-18(15-5-4-6-16(11-15)25(29)30-2)20(27)13-22(19)31-24(23)14-7-9-17(26)10-8-14/h4,6-11,14-16,31H,3,5,12-13H2,1-2H3;4-13H,3,27H2,1-2H3. The third-order valence-electron chi connectivity index (χ3n) is 10.9. The van der Waals surface area contributed by atoms with E-state index in [4.69, 9.17) is 24.0 Å². The predicted octanol–water partition coefficient (Wildman–Crippen LogP) is 12.9. The number of anilines is 2. The van der Waals surface area contributed by atoms with Crippen molar-refractivity contribution in [3.8, 4) is 44.9 Å². The van der Waals surface area contributed by atoms with Crippen LogP contribution in [0.1, 0.15) is 74.5 Å². The van der Waals surface area contributed by atoms with Crippen LogP contribution in [0.4, 0.5) is 24.5 Å². The summed E-state index contributed by atoms with van der Waals surface area (Å²) in [6.07, 6.45) is 0.852. The number of fused-ring (bicyclic) bond motifs is 2. The van der Waals surface area contributed by atoms with E-state index in [1.165, 1.54) is 38.5 Å². The molecule has 66 heavy (non-hydrogen) atoms. The monoisotopic (exact) mass is 894 g/mol. The summed E-state index contributed by atoms with van der Waals surface area (Å²) in [5.74, 6) is -1.16. The number of halogens is 3. The van der Waals surface area contributed by atoms with Crippen LogP contribution in [0.25, 0.3) is 66.8 Å². The number of esters is 2. The van der Waals surface area contributed by atoms with Gasteiger partial charge >= 0.3 is 11.9 Å². The molecule has 0 spiro atoms.